The lowest BCUT2D eigenvalue weighted by Crippen LogP contribution is -2.08. The Bertz CT molecular complexity index is 305. The molecule has 1 aromatic rings. The largest absolute Gasteiger partial charge is 0.481 e. The summed E-state index contributed by atoms with van der Waals surface area (Å²) >= 11 is 0. The van der Waals surface area contributed by atoms with Crippen molar-refractivity contribution in [3.63, 3.8) is 0 Å². The van der Waals surface area contributed by atoms with E-state index >= 15 is 0 Å². The number of nitrogens with zero attached hydrogens (tertiary/aromatic N) is 2. The number of rotatable bonds is 6. The second-order valence-corrected chi connectivity index (χ2v) is 3.13. The highest BCUT2D eigenvalue weighted by Gasteiger charge is 2.05. The van der Waals surface area contributed by atoms with Crippen LogP contribution in [-0.4, -0.2) is 37.3 Å². The van der Waals surface area contributed by atoms with E-state index < -0.39 is 0 Å². The summed E-state index contributed by atoms with van der Waals surface area (Å²) in [6.07, 6.45) is 2.44. The molecule has 1 aromatic heterocycles. The number of nitrogens with one attached hydrogen (secondary N) is 1. The van der Waals surface area contributed by atoms with Crippen LogP contribution in [0.2, 0.25) is 0 Å². The first-order valence-corrected chi connectivity index (χ1v) is 4.88. The number of methoxy groups -OCH3 is 2. The van der Waals surface area contributed by atoms with Gasteiger partial charge in [-0.1, -0.05) is 0 Å². The topological polar surface area (TPSA) is 56.3 Å². The van der Waals surface area contributed by atoms with Crippen molar-refractivity contribution in [3.8, 4) is 5.88 Å². The number of hydrogen-bond acceptors (Lipinski definition) is 5. The van der Waals surface area contributed by atoms with Crippen molar-refractivity contribution in [1.29, 1.82) is 0 Å². The molecule has 1 heterocycles. The zero-order chi connectivity index (χ0) is 11.1. The third-order valence-electron chi connectivity index (χ3n) is 2.05. The van der Waals surface area contributed by atoms with E-state index in [1.807, 2.05) is 6.92 Å². The van der Waals surface area contributed by atoms with Gasteiger partial charge < -0.3 is 14.8 Å². The minimum atomic E-state index is 0.610. The van der Waals surface area contributed by atoms with E-state index in [1.54, 1.807) is 14.2 Å². The van der Waals surface area contributed by atoms with E-state index in [-0.39, 0.29) is 0 Å². The molecule has 0 spiro atoms. The lowest BCUT2D eigenvalue weighted by Gasteiger charge is -2.09. The summed E-state index contributed by atoms with van der Waals surface area (Å²) in [4.78, 5) is 8.15. The number of hydrogen-bond donors (Lipinski definition) is 1. The van der Waals surface area contributed by atoms with E-state index in [4.69, 9.17) is 9.47 Å². The Morgan fingerprint density at radius 1 is 1.33 bits per heavy atom. The minimum Gasteiger partial charge on any atom is -0.481 e. The lowest BCUT2D eigenvalue weighted by atomic mass is 10.3. The van der Waals surface area contributed by atoms with Crippen molar-refractivity contribution < 1.29 is 9.47 Å². The van der Waals surface area contributed by atoms with E-state index in [0.717, 1.165) is 31.0 Å². The van der Waals surface area contributed by atoms with Gasteiger partial charge in [0.05, 0.1) is 12.7 Å². The van der Waals surface area contributed by atoms with Crippen molar-refractivity contribution in [2.24, 2.45) is 0 Å². The van der Waals surface area contributed by atoms with Crippen LogP contribution in [0.4, 0.5) is 5.82 Å². The summed E-state index contributed by atoms with van der Waals surface area (Å²) in [6.45, 7) is 3.50. The Balaban J connectivity index is 2.53. The maximum Gasteiger partial charge on any atom is 0.221 e. The van der Waals surface area contributed by atoms with Gasteiger partial charge in [-0.15, -0.1) is 0 Å². The molecule has 0 saturated heterocycles. The molecule has 1 N–H and O–H groups in total. The van der Waals surface area contributed by atoms with E-state index in [0.29, 0.717) is 5.88 Å². The van der Waals surface area contributed by atoms with Crippen LogP contribution in [0.3, 0.4) is 0 Å². The lowest BCUT2D eigenvalue weighted by molar-refractivity contribution is 0.197. The molecule has 0 aliphatic carbocycles. The first-order valence-electron chi connectivity index (χ1n) is 4.88. The molecule has 5 nitrogen and oxygen atoms in total. The van der Waals surface area contributed by atoms with Crippen LogP contribution < -0.4 is 10.1 Å². The molecule has 0 radical (unpaired) electrons. The predicted octanol–water partition coefficient (Wildman–Crippen LogP) is 1.24. The normalized spacial score (nSPS) is 10.1. The fourth-order valence-electron chi connectivity index (χ4n) is 1.24. The summed E-state index contributed by atoms with van der Waals surface area (Å²) in [5.74, 6) is 1.43. The average molecular weight is 211 g/mol. The molecule has 15 heavy (non-hydrogen) atoms. The van der Waals surface area contributed by atoms with Gasteiger partial charge in [0.2, 0.25) is 5.88 Å². The van der Waals surface area contributed by atoms with E-state index in [2.05, 4.69) is 15.3 Å². The predicted molar refractivity (Wildman–Crippen MR) is 58.3 cm³/mol. The first-order chi connectivity index (χ1) is 7.29. The second-order valence-electron chi connectivity index (χ2n) is 3.13. The second kappa shape index (κ2) is 6.19. The number of anilines is 1. The third kappa shape index (κ3) is 3.36. The Labute approximate surface area is 89.8 Å². The van der Waals surface area contributed by atoms with Gasteiger partial charge >= 0.3 is 0 Å². The fourth-order valence-corrected chi connectivity index (χ4v) is 1.24. The van der Waals surface area contributed by atoms with Crippen molar-refractivity contribution in [1.82, 2.24) is 9.97 Å². The van der Waals surface area contributed by atoms with Crippen LogP contribution in [0.5, 0.6) is 5.88 Å². The van der Waals surface area contributed by atoms with Gasteiger partial charge in [-0.3, -0.25) is 0 Å². The molecule has 0 fully saturated rings. The van der Waals surface area contributed by atoms with E-state index in [9.17, 15) is 0 Å². The van der Waals surface area contributed by atoms with Gasteiger partial charge in [-0.05, 0) is 13.3 Å². The molecule has 0 aliphatic heterocycles. The summed E-state index contributed by atoms with van der Waals surface area (Å²) in [5.41, 5.74) is 0.928. The Morgan fingerprint density at radius 2 is 2.13 bits per heavy atom. The Morgan fingerprint density at radius 3 is 2.80 bits per heavy atom. The first kappa shape index (κ1) is 11.7. The number of ether oxygens (including phenoxy) is 2. The molecular weight excluding hydrogens is 194 g/mol. The van der Waals surface area contributed by atoms with E-state index in [1.165, 1.54) is 6.33 Å². The third-order valence-corrected chi connectivity index (χ3v) is 2.05. The molecule has 0 bridgehead atoms. The SMILES string of the molecule is COCCCNc1ncnc(OC)c1C. The zero-order valence-corrected chi connectivity index (χ0v) is 9.41. The standard InChI is InChI=1S/C10H17N3O2/c1-8-9(11-5-4-6-14-2)12-7-13-10(8)15-3/h7H,4-6H2,1-3H3,(H,11,12,13). The van der Waals surface area contributed by atoms with Crippen LogP contribution in [0.1, 0.15) is 12.0 Å². The molecule has 0 saturated carbocycles. The van der Waals surface area contributed by atoms with Crippen molar-refractivity contribution in [3.05, 3.63) is 11.9 Å². The molecule has 0 aliphatic rings. The molecule has 0 aromatic carbocycles. The monoisotopic (exact) mass is 211 g/mol. The molecule has 0 atom stereocenters. The quantitative estimate of drug-likeness (QED) is 0.717. The van der Waals surface area contributed by atoms with Crippen LogP contribution >= 0.6 is 0 Å². The summed E-state index contributed by atoms with van der Waals surface area (Å²) in [5, 5.41) is 3.21. The van der Waals surface area contributed by atoms with Crippen LogP contribution in [0, 0.1) is 6.92 Å². The van der Waals surface area contributed by atoms with Gasteiger partial charge in [0.25, 0.3) is 0 Å². The van der Waals surface area contributed by atoms with Gasteiger partial charge in [0.1, 0.15) is 12.1 Å². The highest BCUT2D eigenvalue weighted by molar-refractivity contribution is 5.47. The fraction of sp³-hybridized carbons (Fsp3) is 0.600. The highest BCUT2D eigenvalue weighted by atomic mass is 16.5. The highest BCUT2D eigenvalue weighted by Crippen LogP contribution is 2.19. The maximum absolute atomic E-state index is 5.10. The Hall–Kier alpha value is -1.36. The van der Waals surface area contributed by atoms with Crippen LogP contribution in [0.25, 0.3) is 0 Å². The molecule has 84 valence electrons. The molecule has 0 amide bonds. The zero-order valence-electron chi connectivity index (χ0n) is 9.41. The van der Waals surface area contributed by atoms with Crippen LogP contribution in [-0.2, 0) is 4.74 Å². The van der Waals surface area contributed by atoms with Gasteiger partial charge in [0.15, 0.2) is 0 Å². The van der Waals surface area contributed by atoms with Gasteiger partial charge in [-0.25, -0.2) is 9.97 Å². The molecule has 0 unspecified atom stereocenters. The smallest absolute Gasteiger partial charge is 0.221 e. The maximum atomic E-state index is 5.10. The Kier molecular flexibility index (Phi) is 4.83. The molecular formula is C10H17N3O2. The minimum absolute atomic E-state index is 0.610. The summed E-state index contributed by atoms with van der Waals surface area (Å²) < 4.78 is 10.1. The van der Waals surface area contributed by atoms with Crippen LogP contribution in [0.15, 0.2) is 6.33 Å². The van der Waals surface area contributed by atoms with Gasteiger partial charge in [0, 0.05) is 20.3 Å². The number of aromatic nitrogens is 2. The summed E-state index contributed by atoms with van der Waals surface area (Å²) in [6, 6.07) is 0. The van der Waals surface area contributed by atoms with Gasteiger partial charge in [-0.2, -0.15) is 0 Å². The van der Waals surface area contributed by atoms with Crippen molar-refractivity contribution in [2.75, 3.05) is 32.7 Å². The summed E-state index contributed by atoms with van der Waals surface area (Å²) in [7, 11) is 3.29. The molecule has 1 rings (SSSR count). The average Bonchev–Trinajstić information content (AvgIpc) is 2.26. The molecule has 5 heteroatoms. The van der Waals surface area contributed by atoms with Crippen molar-refractivity contribution >= 4 is 5.82 Å². The van der Waals surface area contributed by atoms with Crippen molar-refractivity contribution in [2.45, 2.75) is 13.3 Å².